The van der Waals surface area contributed by atoms with E-state index in [1.54, 1.807) is 24.3 Å². The molecule has 100 valence electrons. The molecule has 1 fully saturated rings. The molecule has 18 heavy (non-hydrogen) atoms. The van der Waals surface area contributed by atoms with Crippen molar-refractivity contribution in [2.24, 2.45) is 0 Å². The molecular formula is C11H14ClFN2O2S. The van der Waals surface area contributed by atoms with Crippen LogP contribution in [0.3, 0.4) is 0 Å². The fourth-order valence-electron chi connectivity index (χ4n) is 1.81. The lowest BCUT2D eigenvalue weighted by molar-refractivity contribution is 0.211. The quantitative estimate of drug-likeness (QED) is 0.930. The monoisotopic (exact) mass is 292 g/mol. The average molecular weight is 293 g/mol. The molecule has 0 atom stereocenters. The van der Waals surface area contributed by atoms with Crippen molar-refractivity contribution in [2.45, 2.75) is 19.0 Å². The minimum Gasteiger partial charge on any atom is -0.269 e. The lowest BCUT2D eigenvalue weighted by atomic mass is 10.1. The Labute approximate surface area is 111 Å². The Morgan fingerprint density at radius 1 is 1.28 bits per heavy atom. The first-order valence-corrected chi connectivity index (χ1v) is 7.47. The number of hydrogen-bond acceptors (Lipinski definition) is 2. The van der Waals surface area contributed by atoms with Gasteiger partial charge in [0.15, 0.2) is 0 Å². The fourth-order valence-corrected chi connectivity index (χ4v) is 3.33. The van der Waals surface area contributed by atoms with Gasteiger partial charge < -0.3 is 0 Å². The van der Waals surface area contributed by atoms with Crippen LogP contribution in [0.15, 0.2) is 24.3 Å². The summed E-state index contributed by atoms with van der Waals surface area (Å²) in [4.78, 5) is 0. The minimum absolute atomic E-state index is 0.195. The second-order valence-corrected chi connectivity index (χ2v) is 6.24. The highest BCUT2D eigenvalue weighted by Crippen LogP contribution is 2.24. The van der Waals surface area contributed by atoms with Gasteiger partial charge in [-0.15, -0.1) is 0 Å². The maximum absolute atomic E-state index is 13.0. The molecule has 7 heteroatoms. The number of halogens is 2. The maximum atomic E-state index is 13.0. The standard InChI is InChI=1S/C11H14ClFN2O2S/c12-10-3-1-2-4-11(10)14-18(16,17)15-7-5-9(13)6-8-15/h1-4,9,14H,5-8H2. The van der Waals surface area contributed by atoms with E-state index >= 15 is 0 Å². The van der Waals surface area contributed by atoms with Gasteiger partial charge in [0.25, 0.3) is 0 Å². The Morgan fingerprint density at radius 3 is 2.50 bits per heavy atom. The Kier molecular flexibility index (Phi) is 4.09. The predicted molar refractivity (Wildman–Crippen MR) is 69.7 cm³/mol. The summed E-state index contributed by atoms with van der Waals surface area (Å²) in [7, 11) is -3.65. The highest BCUT2D eigenvalue weighted by molar-refractivity contribution is 7.90. The molecule has 2 rings (SSSR count). The van der Waals surface area contributed by atoms with E-state index in [2.05, 4.69) is 4.72 Å². The Balaban J connectivity index is 2.10. The lowest BCUT2D eigenvalue weighted by Crippen LogP contribution is -2.42. The van der Waals surface area contributed by atoms with Crippen molar-refractivity contribution in [3.05, 3.63) is 29.3 Å². The molecule has 1 aliphatic heterocycles. The number of hydrogen-bond donors (Lipinski definition) is 1. The zero-order valence-electron chi connectivity index (χ0n) is 9.64. The van der Waals surface area contributed by atoms with E-state index in [1.807, 2.05) is 0 Å². The molecule has 0 unspecified atom stereocenters. The maximum Gasteiger partial charge on any atom is 0.301 e. The Morgan fingerprint density at radius 2 is 1.89 bits per heavy atom. The largest absolute Gasteiger partial charge is 0.301 e. The summed E-state index contributed by atoms with van der Waals surface area (Å²) < 4.78 is 40.7. The molecule has 0 radical (unpaired) electrons. The number of anilines is 1. The smallest absolute Gasteiger partial charge is 0.269 e. The molecule has 1 aliphatic rings. The van der Waals surface area contributed by atoms with E-state index in [1.165, 1.54) is 4.31 Å². The van der Waals surface area contributed by atoms with Crippen molar-refractivity contribution in [1.29, 1.82) is 0 Å². The molecule has 1 N–H and O–H groups in total. The van der Waals surface area contributed by atoms with Gasteiger partial charge in [-0.2, -0.15) is 12.7 Å². The highest BCUT2D eigenvalue weighted by Gasteiger charge is 2.28. The number of piperidine rings is 1. The van der Waals surface area contributed by atoms with Gasteiger partial charge in [-0.25, -0.2) is 4.39 Å². The SMILES string of the molecule is O=S(=O)(Nc1ccccc1Cl)N1CCC(F)CC1. The number of benzene rings is 1. The zero-order valence-corrected chi connectivity index (χ0v) is 11.2. The second kappa shape index (κ2) is 5.42. The fraction of sp³-hybridized carbons (Fsp3) is 0.455. The number of nitrogens with zero attached hydrogens (tertiary/aromatic N) is 1. The van der Waals surface area contributed by atoms with Gasteiger partial charge in [0.1, 0.15) is 6.17 Å². The zero-order chi connectivity index (χ0) is 13.2. The van der Waals surface area contributed by atoms with E-state index in [0.717, 1.165) is 0 Å². The average Bonchev–Trinajstić information content (AvgIpc) is 2.32. The first-order chi connectivity index (χ1) is 8.49. The third-order valence-corrected chi connectivity index (χ3v) is 4.69. The van der Waals surface area contributed by atoms with Crippen molar-refractivity contribution in [3.63, 3.8) is 0 Å². The van der Waals surface area contributed by atoms with Crippen LogP contribution in [0.4, 0.5) is 10.1 Å². The second-order valence-electron chi connectivity index (χ2n) is 4.16. The number of para-hydroxylation sites is 1. The van der Waals surface area contributed by atoms with E-state index in [-0.39, 0.29) is 25.9 Å². The van der Waals surface area contributed by atoms with Crippen LogP contribution in [-0.4, -0.2) is 32.0 Å². The van der Waals surface area contributed by atoms with Crippen LogP contribution in [0.1, 0.15) is 12.8 Å². The minimum atomic E-state index is -3.65. The van der Waals surface area contributed by atoms with Gasteiger partial charge in [0.2, 0.25) is 0 Å². The molecular weight excluding hydrogens is 279 g/mol. The molecule has 1 saturated heterocycles. The van der Waals surface area contributed by atoms with E-state index in [0.29, 0.717) is 10.7 Å². The lowest BCUT2D eigenvalue weighted by Gasteiger charge is -2.28. The van der Waals surface area contributed by atoms with E-state index in [9.17, 15) is 12.8 Å². The van der Waals surface area contributed by atoms with Crippen molar-refractivity contribution in [1.82, 2.24) is 4.31 Å². The molecule has 0 saturated carbocycles. The third-order valence-electron chi connectivity index (χ3n) is 2.84. The van der Waals surface area contributed by atoms with Crippen molar-refractivity contribution >= 4 is 27.5 Å². The first-order valence-electron chi connectivity index (χ1n) is 5.65. The summed E-state index contributed by atoms with van der Waals surface area (Å²) in [6.07, 6.45) is -0.427. The van der Waals surface area contributed by atoms with Crippen LogP contribution in [0.2, 0.25) is 5.02 Å². The van der Waals surface area contributed by atoms with Crippen molar-refractivity contribution in [2.75, 3.05) is 17.8 Å². The molecule has 1 aromatic carbocycles. The summed E-state index contributed by atoms with van der Waals surface area (Å²) >= 11 is 5.89. The van der Waals surface area contributed by atoms with E-state index < -0.39 is 16.4 Å². The molecule has 0 spiro atoms. The molecule has 0 bridgehead atoms. The van der Waals surface area contributed by atoms with Crippen LogP contribution in [0.5, 0.6) is 0 Å². The van der Waals surface area contributed by atoms with Gasteiger partial charge in [-0.3, -0.25) is 4.72 Å². The van der Waals surface area contributed by atoms with Gasteiger partial charge in [0, 0.05) is 13.1 Å². The van der Waals surface area contributed by atoms with Gasteiger partial charge in [-0.1, -0.05) is 23.7 Å². The van der Waals surface area contributed by atoms with Gasteiger partial charge in [0.05, 0.1) is 10.7 Å². The van der Waals surface area contributed by atoms with Crippen LogP contribution >= 0.6 is 11.6 Å². The molecule has 0 aromatic heterocycles. The summed E-state index contributed by atoms with van der Waals surface area (Å²) in [6.45, 7) is 0.391. The summed E-state index contributed by atoms with van der Waals surface area (Å²) in [5.74, 6) is 0. The molecule has 1 heterocycles. The predicted octanol–water partition coefficient (Wildman–Crippen LogP) is 2.43. The molecule has 0 aliphatic carbocycles. The normalized spacial score (nSPS) is 18.8. The number of rotatable bonds is 3. The van der Waals surface area contributed by atoms with Crippen LogP contribution in [-0.2, 0) is 10.2 Å². The van der Waals surface area contributed by atoms with Crippen LogP contribution < -0.4 is 4.72 Å². The highest BCUT2D eigenvalue weighted by atomic mass is 35.5. The summed E-state index contributed by atoms with van der Waals surface area (Å²) in [6, 6.07) is 6.60. The third kappa shape index (κ3) is 3.13. The Bertz CT molecular complexity index is 516. The molecule has 0 amide bonds. The van der Waals surface area contributed by atoms with Crippen molar-refractivity contribution < 1.29 is 12.8 Å². The van der Waals surface area contributed by atoms with Gasteiger partial charge in [-0.05, 0) is 25.0 Å². The number of alkyl halides is 1. The van der Waals surface area contributed by atoms with Crippen molar-refractivity contribution in [3.8, 4) is 0 Å². The Hall–Kier alpha value is -0.850. The van der Waals surface area contributed by atoms with E-state index in [4.69, 9.17) is 11.6 Å². The topological polar surface area (TPSA) is 49.4 Å². The van der Waals surface area contributed by atoms with Crippen LogP contribution in [0.25, 0.3) is 0 Å². The van der Waals surface area contributed by atoms with Crippen LogP contribution in [0, 0.1) is 0 Å². The molecule has 1 aromatic rings. The molecule has 4 nitrogen and oxygen atoms in total. The number of nitrogens with one attached hydrogen (secondary N) is 1. The summed E-state index contributed by atoms with van der Waals surface area (Å²) in [5, 5.41) is 0.335. The van der Waals surface area contributed by atoms with Gasteiger partial charge >= 0.3 is 10.2 Å². The first kappa shape index (κ1) is 13.6. The summed E-state index contributed by atoms with van der Waals surface area (Å²) in [5.41, 5.74) is 0.335.